The number of anilines is 1. The maximum atomic E-state index is 12.7. The van der Waals surface area contributed by atoms with E-state index in [0.29, 0.717) is 16.5 Å². The quantitative estimate of drug-likeness (QED) is 0.383. The molecular weight excluding hydrogens is 456 g/mol. The first-order valence-corrected chi connectivity index (χ1v) is 12.6. The fourth-order valence-electron chi connectivity index (χ4n) is 3.08. The van der Waals surface area contributed by atoms with Crippen molar-refractivity contribution in [2.24, 2.45) is 0 Å². The van der Waals surface area contributed by atoms with Gasteiger partial charge in [-0.2, -0.15) is 0 Å². The maximum absolute atomic E-state index is 12.7. The average molecular weight is 479 g/mol. The minimum absolute atomic E-state index is 0.129. The van der Waals surface area contributed by atoms with Crippen LogP contribution >= 0.6 is 11.3 Å². The second kappa shape index (κ2) is 9.97. The molecule has 0 fully saturated rings. The summed E-state index contributed by atoms with van der Waals surface area (Å²) in [6.07, 6.45) is 0.185. The third-order valence-corrected chi connectivity index (χ3v) is 7.50. The van der Waals surface area contributed by atoms with Crippen molar-refractivity contribution < 1.29 is 17.9 Å². The highest BCUT2D eigenvalue weighted by Gasteiger charge is 2.17. The Morgan fingerprint density at radius 3 is 2.30 bits per heavy atom. The largest absolute Gasteiger partial charge is 0.487 e. The SMILES string of the molecule is Cc1ccc(NC(=O)Cc2nc(COc3ccc(S(=O)(=O)c4ccccc4)cc3)cs2)cc1. The minimum Gasteiger partial charge on any atom is -0.487 e. The summed E-state index contributed by atoms with van der Waals surface area (Å²) in [5.41, 5.74) is 2.59. The molecule has 4 aromatic rings. The van der Waals surface area contributed by atoms with Crippen LogP contribution in [0.25, 0.3) is 0 Å². The standard InChI is InChI=1S/C25H22N2O4S2/c1-18-7-9-19(10-8-18)26-24(28)15-25-27-20(17-32-25)16-31-21-11-13-23(14-12-21)33(29,30)22-5-3-2-4-6-22/h2-14,17H,15-16H2,1H3,(H,26,28). The van der Waals surface area contributed by atoms with Crippen molar-refractivity contribution in [3.8, 4) is 5.75 Å². The number of hydrogen-bond donors (Lipinski definition) is 1. The molecule has 0 saturated heterocycles. The van der Waals surface area contributed by atoms with Gasteiger partial charge in [0, 0.05) is 11.1 Å². The normalized spacial score (nSPS) is 11.2. The third kappa shape index (κ3) is 5.85. The number of benzene rings is 3. The smallest absolute Gasteiger partial charge is 0.231 e. The molecule has 6 nitrogen and oxygen atoms in total. The Morgan fingerprint density at radius 1 is 0.939 bits per heavy atom. The van der Waals surface area contributed by atoms with Gasteiger partial charge in [-0.1, -0.05) is 35.9 Å². The Morgan fingerprint density at radius 2 is 1.61 bits per heavy atom. The van der Waals surface area contributed by atoms with Gasteiger partial charge in [-0.15, -0.1) is 11.3 Å². The lowest BCUT2D eigenvalue weighted by Gasteiger charge is -2.07. The number of nitrogens with one attached hydrogen (secondary N) is 1. The summed E-state index contributed by atoms with van der Waals surface area (Å²) in [5, 5.41) is 5.41. The zero-order valence-corrected chi connectivity index (χ0v) is 19.5. The van der Waals surface area contributed by atoms with Gasteiger partial charge in [-0.25, -0.2) is 13.4 Å². The summed E-state index contributed by atoms with van der Waals surface area (Å²) in [6, 6.07) is 22.2. The number of ether oxygens (including phenoxy) is 1. The van der Waals surface area contributed by atoms with Crippen LogP contribution in [0.5, 0.6) is 5.75 Å². The van der Waals surface area contributed by atoms with Gasteiger partial charge in [0.25, 0.3) is 0 Å². The fraction of sp³-hybridized carbons (Fsp3) is 0.120. The van der Waals surface area contributed by atoms with E-state index in [1.54, 1.807) is 42.5 Å². The highest BCUT2D eigenvalue weighted by molar-refractivity contribution is 7.91. The van der Waals surface area contributed by atoms with Gasteiger partial charge in [0.05, 0.1) is 21.9 Å². The van der Waals surface area contributed by atoms with Gasteiger partial charge < -0.3 is 10.1 Å². The van der Waals surface area contributed by atoms with Gasteiger partial charge in [0.1, 0.15) is 17.4 Å². The van der Waals surface area contributed by atoms with Crippen molar-refractivity contribution in [2.75, 3.05) is 5.32 Å². The van der Waals surface area contributed by atoms with Crippen LogP contribution in [0.3, 0.4) is 0 Å². The molecule has 1 aromatic heterocycles. The molecule has 0 aliphatic rings. The summed E-state index contributed by atoms with van der Waals surface area (Å²) >= 11 is 1.40. The lowest BCUT2D eigenvalue weighted by molar-refractivity contribution is -0.115. The van der Waals surface area contributed by atoms with Crippen LogP contribution in [-0.4, -0.2) is 19.3 Å². The molecule has 0 atom stereocenters. The second-order valence-electron chi connectivity index (χ2n) is 7.40. The molecule has 0 radical (unpaired) electrons. The number of carbonyl (C=O) groups is 1. The van der Waals surface area contributed by atoms with E-state index in [1.807, 2.05) is 36.6 Å². The number of aryl methyl sites for hydroxylation is 1. The number of hydrogen-bond acceptors (Lipinski definition) is 6. The molecule has 0 spiro atoms. The topological polar surface area (TPSA) is 85.4 Å². The lowest BCUT2D eigenvalue weighted by Crippen LogP contribution is -2.14. The molecule has 1 heterocycles. The molecule has 4 rings (SSSR count). The molecule has 1 N–H and O–H groups in total. The van der Waals surface area contributed by atoms with Crippen molar-refractivity contribution in [1.82, 2.24) is 4.98 Å². The molecule has 0 saturated carbocycles. The van der Waals surface area contributed by atoms with E-state index < -0.39 is 9.84 Å². The van der Waals surface area contributed by atoms with Crippen molar-refractivity contribution in [3.63, 3.8) is 0 Å². The Hall–Kier alpha value is -3.49. The van der Waals surface area contributed by atoms with Crippen molar-refractivity contribution in [3.05, 3.63) is 101 Å². The van der Waals surface area contributed by atoms with Gasteiger partial charge in [-0.05, 0) is 55.5 Å². The van der Waals surface area contributed by atoms with E-state index >= 15 is 0 Å². The van der Waals surface area contributed by atoms with E-state index in [-0.39, 0.29) is 28.7 Å². The summed E-state index contributed by atoms with van der Waals surface area (Å²) in [7, 11) is -3.56. The van der Waals surface area contributed by atoms with Crippen molar-refractivity contribution >= 4 is 32.8 Å². The number of carbonyl (C=O) groups excluding carboxylic acids is 1. The van der Waals surface area contributed by atoms with Crippen LogP contribution in [0, 0.1) is 6.92 Å². The Labute approximate surface area is 196 Å². The van der Waals surface area contributed by atoms with E-state index in [4.69, 9.17) is 4.74 Å². The Bertz CT molecular complexity index is 1330. The Balaban J connectivity index is 1.32. The molecule has 0 unspecified atom stereocenters. The molecule has 33 heavy (non-hydrogen) atoms. The second-order valence-corrected chi connectivity index (χ2v) is 10.3. The highest BCUT2D eigenvalue weighted by atomic mass is 32.2. The molecule has 0 aliphatic carbocycles. The lowest BCUT2D eigenvalue weighted by atomic mass is 10.2. The zero-order chi connectivity index (χ0) is 23.3. The highest BCUT2D eigenvalue weighted by Crippen LogP contribution is 2.23. The third-order valence-electron chi connectivity index (χ3n) is 4.82. The van der Waals surface area contributed by atoms with E-state index in [1.165, 1.54) is 23.5 Å². The number of amides is 1. The predicted octanol–water partition coefficient (Wildman–Crippen LogP) is 5.04. The average Bonchev–Trinajstić information content (AvgIpc) is 3.27. The number of aromatic nitrogens is 1. The zero-order valence-electron chi connectivity index (χ0n) is 17.9. The summed E-state index contributed by atoms with van der Waals surface area (Å²) < 4.78 is 31.1. The molecule has 8 heteroatoms. The van der Waals surface area contributed by atoms with E-state index in [2.05, 4.69) is 10.3 Å². The van der Waals surface area contributed by atoms with E-state index in [9.17, 15) is 13.2 Å². The first-order chi connectivity index (χ1) is 15.9. The van der Waals surface area contributed by atoms with Crippen molar-refractivity contribution in [2.45, 2.75) is 29.7 Å². The van der Waals surface area contributed by atoms with Crippen LogP contribution in [-0.2, 0) is 27.7 Å². The number of nitrogens with zero attached hydrogens (tertiary/aromatic N) is 1. The molecule has 0 bridgehead atoms. The summed E-state index contributed by atoms with van der Waals surface area (Å²) in [5.74, 6) is 0.407. The maximum Gasteiger partial charge on any atom is 0.231 e. The number of sulfone groups is 1. The van der Waals surface area contributed by atoms with Crippen LogP contribution in [0.15, 0.2) is 94.0 Å². The number of thiazole rings is 1. The fourth-order valence-corrected chi connectivity index (χ4v) is 5.14. The van der Waals surface area contributed by atoms with Gasteiger partial charge in [0.15, 0.2) is 0 Å². The van der Waals surface area contributed by atoms with Gasteiger partial charge in [0.2, 0.25) is 15.7 Å². The summed E-state index contributed by atoms with van der Waals surface area (Å²) in [4.78, 5) is 17.2. The first-order valence-electron chi connectivity index (χ1n) is 10.2. The van der Waals surface area contributed by atoms with Gasteiger partial charge >= 0.3 is 0 Å². The summed E-state index contributed by atoms with van der Waals surface area (Å²) in [6.45, 7) is 2.21. The van der Waals surface area contributed by atoms with Crippen LogP contribution in [0.4, 0.5) is 5.69 Å². The minimum atomic E-state index is -3.56. The van der Waals surface area contributed by atoms with E-state index in [0.717, 1.165) is 11.3 Å². The molecule has 0 aliphatic heterocycles. The molecule has 1 amide bonds. The molecule has 3 aromatic carbocycles. The first kappa shape index (κ1) is 22.7. The van der Waals surface area contributed by atoms with Crippen LogP contribution in [0.2, 0.25) is 0 Å². The predicted molar refractivity (Wildman–Crippen MR) is 128 cm³/mol. The van der Waals surface area contributed by atoms with Crippen molar-refractivity contribution in [1.29, 1.82) is 0 Å². The Kier molecular flexibility index (Phi) is 6.86. The van der Waals surface area contributed by atoms with Gasteiger partial charge in [-0.3, -0.25) is 4.79 Å². The van der Waals surface area contributed by atoms with Crippen LogP contribution < -0.4 is 10.1 Å². The van der Waals surface area contributed by atoms with Crippen LogP contribution in [0.1, 0.15) is 16.3 Å². The molecular formula is C25H22N2O4S2. The monoisotopic (exact) mass is 478 g/mol. The molecule has 168 valence electrons. The number of rotatable bonds is 8.